The van der Waals surface area contributed by atoms with E-state index < -0.39 is 0 Å². The van der Waals surface area contributed by atoms with E-state index in [-0.39, 0.29) is 0 Å². The number of anilines is 1. The summed E-state index contributed by atoms with van der Waals surface area (Å²) in [5.41, 5.74) is 8.01. The molecule has 3 heteroatoms. The van der Waals surface area contributed by atoms with Gasteiger partial charge in [0.15, 0.2) is 0 Å². The van der Waals surface area contributed by atoms with Crippen molar-refractivity contribution in [2.45, 2.75) is 38.7 Å². The molecule has 1 saturated heterocycles. The molecule has 3 nitrogen and oxygen atoms in total. The molecule has 0 radical (unpaired) electrons. The van der Waals surface area contributed by atoms with Gasteiger partial charge in [-0.3, -0.25) is 0 Å². The summed E-state index contributed by atoms with van der Waals surface area (Å²) in [5, 5.41) is 0. The fourth-order valence-electron chi connectivity index (χ4n) is 2.79. The monoisotopic (exact) mass is 262 g/mol. The molecule has 0 aliphatic carbocycles. The number of nitrogen functional groups attached to an aromatic ring is 1. The van der Waals surface area contributed by atoms with Crippen molar-refractivity contribution >= 4 is 5.69 Å². The van der Waals surface area contributed by atoms with Gasteiger partial charge in [-0.2, -0.15) is 0 Å². The third kappa shape index (κ3) is 4.84. The number of nitrogens with zero attached hydrogens (tertiary/aromatic N) is 1. The van der Waals surface area contributed by atoms with Crippen LogP contribution >= 0.6 is 0 Å². The molecule has 19 heavy (non-hydrogen) atoms. The minimum atomic E-state index is 0.496. The van der Waals surface area contributed by atoms with Gasteiger partial charge in [-0.25, -0.2) is 0 Å². The molecular weight excluding hydrogens is 236 g/mol. The molecular formula is C16H26N2O. The molecule has 0 atom stereocenters. The van der Waals surface area contributed by atoms with Crippen molar-refractivity contribution in [3.8, 4) is 0 Å². The maximum Gasteiger partial charge on any atom is 0.0599 e. The molecule has 106 valence electrons. The van der Waals surface area contributed by atoms with Crippen molar-refractivity contribution in [1.29, 1.82) is 0 Å². The Balaban J connectivity index is 1.64. The first-order valence-corrected chi connectivity index (χ1v) is 7.46. The predicted molar refractivity (Wildman–Crippen MR) is 80.3 cm³/mol. The van der Waals surface area contributed by atoms with Gasteiger partial charge in [0, 0.05) is 25.4 Å². The number of benzene rings is 1. The number of ether oxygens (including phenoxy) is 1. The van der Waals surface area contributed by atoms with Crippen molar-refractivity contribution in [1.82, 2.24) is 4.90 Å². The third-order valence-corrected chi connectivity index (χ3v) is 3.83. The van der Waals surface area contributed by atoms with Gasteiger partial charge in [-0.15, -0.1) is 0 Å². The van der Waals surface area contributed by atoms with Crippen LogP contribution in [0.3, 0.4) is 0 Å². The van der Waals surface area contributed by atoms with Crippen LogP contribution in [0.25, 0.3) is 0 Å². The van der Waals surface area contributed by atoms with Crippen LogP contribution in [0.4, 0.5) is 5.69 Å². The van der Waals surface area contributed by atoms with Gasteiger partial charge in [0.25, 0.3) is 0 Å². The summed E-state index contributed by atoms with van der Waals surface area (Å²) in [5.74, 6) is 0. The highest BCUT2D eigenvalue weighted by atomic mass is 16.5. The van der Waals surface area contributed by atoms with Crippen LogP contribution in [-0.4, -0.2) is 37.2 Å². The maximum atomic E-state index is 5.79. The van der Waals surface area contributed by atoms with Crippen LogP contribution in [0.5, 0.6) is 0 Å². The first-order valence-electron chi connectivity index (χ1n) is 7.46. The Kier molecular flexibility index (Phi) is 5.67. The van der Waals surface area contributed by atoms with E-state index in [2.05, 4.69) is 24.0 Å². The average molecular weight is 262 g/mol. The van der Waals surface area contributed by atoms with Gasteiger partial charge in [0.1, 0.15) is 0 Å². The molecule has 1 aliphatic rings. The third-order valence-electron chi connectivity index (χ3n) is 3.83. The molecule has 0 aromatic heterocycles. The Hall–Kier alpha value is -1.06. The zero-order valence-electron chi connectivity index (χ0n) is 12.0. The largest absolute Gasteiger partial charge is 0.399 e. The summed E-state index contributed by atoms with van der Waals surface area (Å²) in [7, 11) is 0. The van der Waals surface area contributed by atoms with Crippen molar-refractivity contribution in [2.24, 2.45) is 0 Å². The highest BCUT2D eigenvalue weighted by Gasteiger charge is 2.18. The number of hydrogen-bond acceptors (Lipinski definition) is 3. The van der Waals surface area contributed by atoms with E-state index in [4.69, 9.17) is 10.5 Å². The summed E-state index contributed by atoms with van der Waals surface area (Å²) >= 11 is 0. The molecule has 2 N–H and O–H groups in total. The number of aryl methyl sites for hydroxylation is 1. The Labute approximate surface area is 116 Å². The van der Waals surface area contributed by atoms with E-state index in [0.717, 1.165) is 18.7 Å². The highest BCUT2D eigenvalue weighted by molar-refractivity contribution is 5.40. The molecule has 1 fully saturated rings. The van der Waals surface area contributed by atoms with Crippen molar-refractivity contribution in [3.05, 3.63) is 29.8 Å². The van der Waals surface area contributed by atoms with Crippen LogP contribution in [0, 0.1) is 0 Å². The Bertz CT molecular complexity index is 373. The zero-order chi connectivity index (χ0) is 13.5. The van der Waals surface area contributed by atoms with Gasteiger partial charge >= 0.3 is 0 Å². The van der Waals surface area contributed by atoms with Gasteiger partial charge in [0.2, 0.25) is 0 Å². The first-order chi connectivity index (χ1) is 9.28. The van der Waals surface area contributed by atoms with Gasteiger partial charge in [-0.05, 0) is 56.8 Å². The van der Waals surface area contributed by atoms with Crippen LogP contribution < -0.4 is 5.73 Å². The summed E-state index contributed by atoms with van der Waals surface area (Å²) < 4.78 is 5.68. The lowest BCUT2D eigenvalue weighted by molar-refractivity contribution is 0.0141. The molecule has 0 saturated carbocycles. The summed E-state index contributed by atoms with van der Waals surface area (Å²) in [6.07, 6.45) is 5.20. The fourth-order valence-corrected chi connectivity index (χ4v) is 2.79. The lowest BCUT2D eigenvalue weighted by Gasteiger charge is -2.31. The molecule has 0 bridgehead atoms. The second-order valence-electron chi connectivity index (χ2n) is 5.34. The zero-order valence-corrected chi connectivity index (χ0v) is 12.0. The highest BCUT2D eigenvalue weighted by Crippen LogP contribution is 2.15. The molecule has 1 aromatic carbocycles. The predicted octanol–water partition coefficient (Wildman–Crippen LogP) is 2.70. The number of hydrogen-bond donors (Lipinski definition) is 1. The van der Waals surface area contributed by atoms with E-state index in [1.54, 1.807) is 0 Å². The molecule has 1 heterocycles. The molecule has 1 aliphatic heterocycles. The van der Waals surface area contributed by atoms with E-state index in [1.165, 1.54) is 44.5 Å². The molecule has 0 amide bonds. The van der Waals surface area contributed by atoms with E-state index in [9.17, 15) is 0 Å². The molecule has 2 rings (SSSR count). The number of likely N-dealkylation sites (tertiary alicyclic amines) is 1. The minimum absolute atomic E-state index is 0.496. The van der Waals surface area contributed by atoms with Crippen molar-refractivity contribution in [3.63, 3.8) is 0 Å². The fraction of sp³-hybridized carbons (Fsp3) is 0.625. The average Bonchev–Trinajstić information content (AvgIpc) is 2.41. The lowest BCUT2D eigenvalue weighted by atomic mass is 10.1. The van der Waals surface area contributed by atoms with Crippen LogP contribution in [0.2, 0.25) is 0 Å². The summed E-state index contributed by atoms with van der Waals surface area (Å²) in [6.45, 7) is 6.48. The first kappa shape index (κ1) is 14.4. The smallest absolute Gasteiger partial charge is 0.0599 e. The Morgan fingerprint density at radius 1 is 1.32 bits per heavy atom. The van der Waals surface area contributed by atoms with Gasteiger partial charge in [0.05, 0.1) is 6.10 Å². The van der Waals surface area contributed by atoms with Crippen molar-refractivity contribution in [2.75, 3.05) is 32.0 Å². The Morgan fingerprint density at radius 2 is 2.11 bits per heavy atom. The normalized spacial score (nSPS) is 17.7. The lowest BCUT2D eigenvalue weighted by Crippen LogP contribution is -2.37. The minimum Gasteiger partial charge on any atom is -0.399 e. The van der Waals surface area contributed by atoms with Gasteiger partial charge in [-0.1, -0.05) is 12.1 Å². The second kappa shape index (κ2) is 7.51. The number of rotatable bonds is 6. The maximum absolute atomic E-state index is 5.79. The summed E-state index contributed by atoms with van der Waals surface area (Å²) in [6, 6.07) is 8.24. The summed E-state index contributed by atoms with van der Waals surface area (Å²) in [4.78, 5) is 2.56. The van der Waals surface area contributed by atoms with E-state index in [1.807, 2.05) is 12.1 Å². The quantitative estimate of drug-likeness (QED) is 0.801. The van der Waals surface area contributed by atoms with Crippen LogP contribution in [0.1, 0.15) is 31.7 Å². The molecule has 0 unspecified atom stereocenters. The van der Waals surface area contributed by atoms with Gasteiger partial charge < -0.3 is 15.4 Å². The van der Waals surface area contributed by atoms with Crippen molar-refractivity contribution < 1.29 is 4.74 Å². The topological polar surface area (TPSA) is 38.5 Å². The number of piperidine rings is 1. The molecule has 0 spiro atoms. The second-order valence-corrected chi connectivity index (χ2v) is 5.34. The standard InChI is InChI=1S/C16H26N2O/c1-2-19-16-8-11-18(12-9-16)10-4-6-14-5-3-7-15(17)13-14/h3,5,7,13,16H,2,4,6,8-12,17H2,1H3. The van der Waals surface area contributed by atoms with E-state index in [0.29, 0.717) is 6.10 Å². The van der Waals surface area contributed by atoms with Crippen LogP contribution in [0.15, 0.2) is 24.3 Å². The Morgan fingerprint density at radius 3 is 2.79 bits per heavy atom. The van der Waals surface area contributed by atoms with E-state index >= 15 is 0 Å². The molecule has 1 aromatic rings. The van der Waals surface area contributed by atoms with Crippen LogP contribution in [-0.2, 0) is 11.2 Å². The number of nitrogens with two attached hydrogens (primary N) is 1. The SMILES string of the molecule is CCOC1CCN(CCCc2cccc(N)c2)CC1.